The topological polar surface area (TPSA) is 67.8 Å². The van der Waals surface area contributed by atoms with E-state index in [0.717, 1.165) is 18.4 Å². The van der Waals surface area contributed by atoms with Gasteiger partial charge in [0.1, 0.15) is 0 Å². The van der Waals surface area contributed by atoms with E-state index >= 15 is 0 Å². The third kappa shape index (κ3) is 4.21. The van der Waals surface area contributed by atoms with E-state index in [9.17, 15) is 21.6 Å². The van der Waals surface area contributed by atoms with Gasteiger partial charge in [-0.15, -0.1) is 0 Å². The molecule has 0 radical (unpaired) electrons. The molecule has 2 aromatic rings. The number of nitrogens with one attached hydrogen (secondary N) is 1. The van der Waals surface area contributed by atoms with Crippen LogP contribution in [0, 0.1) is 0 Å². The van der Waals surface area contributed by atoms with E-state index < -0.39 is 28.2 Å². The third-order valence-electron chi connectivity index (χ3n) is 4.04. The number of anilines is 1. The summed E-state index contributed by atoms with van der Waals surface area (Å²) in [4.78, 5) is 4.91. The summed E-state index contributed by atoms with van der Waals surface area (Å²) >= 11 is 11.7. The third-order valence-corrected chi connectivity index (χ3v) is 5.08. The fourth-order valence-corrected chi connectivity index (χ4v) is 3.88. The molecule has 150 valence electrons. The second-order valence-corrected chi connectivity index (χ2v) is 8.86. The molecule has 0 saturated heterocycles. The molecule has 1 heterocycles. The van der Waals surface area contributed by atoms with Crippen molar-refractivity contribution in [1.29, 1.82) is 0 Å². The van der Waals surface area contributed by atoms with E-state index in [2.05, 4.69) is 9.88 Å². The van der Waals surface area contributed by atoms with Gasteiger partial charge in [0.15, 0.2) is 0 Å². The predicted octanol–water partition coefficient (Wildman–Crippen LogP) is 4.95. The molecule has 1 aliphatic rings. The Balaban J connectivity index is 1.93. The minimum atomic E-state index is -4.79. The van der Waals surface area contributed by atoms with Crippen molar-refractivity contribution in [1.82, 2.24) is 0 Å². The number of sulfonamides is 1. The Morgan fingerprint density at radius 2 is 1.68 bits per heavy atom. The summed E-state index contributed by atoms with van der Waals surface area (Å²) in [6.45, 7) is 0. The number of oxime groups is 1. The number of hydrogen-bond donors (Lipinski definition) is 1. The van der Waals surface area contributed by atoms with Crippen LogP contribution in [0.2, 0.25) is 10.0 Å². The van der Waals surface area contributed by atoms with Crippen LogP contribution in [0.5, 0.6) is 0 Å². The fourth-order valence-electron chi connectivity index (χ4n) is 2.79. The zero-order valence-corrected chi connectivity index (χ0v) is 16.5. The maximum atomic E-state index is 13.9. The lowest BCUT2D eigenvalue weighted by atomic mass is 9.86. The van der Waals surface area contributed by atoms with Crippen LogP contribution in [0.1, 0.15) is 17.5 Å². The molecular weight excluding hydrogens is 440 g/mol. The summed E-state index contributed by atoms with van der Waals surface area (Å²) < 4.78 is 66.6. The highest BCUT2D eigenvalue weighted by atomic mass is 35.5. The van der Waals surface area contributed by atoms with Crippen LogP contribution in [-0.4, -0.2) is 26.6 Å². The van der Waals surface area contributed by atoms with Crippen molar-refractivity contribution in [2.75, 3.05) is 11.0 Å². The van der Waals surface area contributed by atoms with Gasteiger partial charge in [0, 0.05) is 27.7 Å². The van der Waals surface area contributed by atoms with E-state index in [1.54, 1.807) is 0 Å². The normalized spacial score (nSPS) is 19.9. The van der Waals surface area contributed by atoms with Crippen molar-refractivity contribution in [3.63, 3.8) is 0 Å². The maximum Gasteiger partial charge on any atom is 0.435 e. The number of hydrogen-bond acceptors (Lipinski definition) is 4. The molecule has 0 amide bonds. The Morgan fingerprint density at radius 1 is 1.11 bits per heavy atom. The van der Waals surface area contributed by atoms with Crippen LogP contribution < -0.4 is 4.72 Å². The maximum absolute atomic E-state index is 13.9. The molecule has 1 N–H and O–H groups in total. The highest BCUT2D eigenvalue weighted by Crippen LogP contribution is 2.49. The van der Waals surface area contributed by atoms with Crippen molar-refractivity contribution < 1.29 is 26.4 Å². The molecule has 1 aliphatic heterocycles. The molecule has 11 heteroatoms. The monoisotopic (exact) mass is 452 g/mol. The SMILES string of the molecule is CS(=O)(=O)Nc1ccc(C2=NOC(c3cc(Cl)cc(Cl)c3)(C(F)(F)F)C2)cc1. The first-order valence-corrected chi connectivity index (χ1v) is 10.4. The summed E-state index contributed by atoms with van der Waals surface area (Å²) in [7, 11) is -3.47. The summed E-state index contributed by atoms with van der Waals surface area (Å²) in [5, 5.41) is 3.72. The molecule has 1 atom stereocenters. The first-order chi connectivity index (χ1) is 12.9. The highest BCUT2D eigenvalue weighted by Gasteiger charge is 2.62. The molecule has 0 aliphatic carbocycles. The summed E-state index contributed by atoms with van der Waals surface area (Å²) in [6, 6.07) is 9.34. The van der Waals surface area contributed by atoms with Crippen molar-refractivity contribution in [2.24, 2.45) is 5.16 Å². The Hall–Kier alpha value is -1.97. The summed E-state index contributed by atoms with van der Waals surface area (Å²) in [6.07, 6.45) is -4.39. The number of benzene rings is 2. The van der Waals surface area contributed by atoms with Gasteiger partial charge in [-0.1, -0.05) is 40.5 Å². The van der Waals surface area contributed by atoms with Gasteiger partial charge in [0.05, 0.1) is 12.0 Å². The number of nitrogens with zero attached hydrogens (tertiary/aromatic N) is 1. The lowest BCUT2D eigenvalue weighted by molar-refractivity contribution is -0.275. The van der Waals surface area contributed by atoms with Crippen LogP contribution in [0.4, 0.5) is 18.9 Å². The van der Waals surface area contributed by atoms with Gasteiger partial charge in [0.2, 0.25) is 10.0 Å². The van der Waals surface area contributed by atoms with Gasteiger partial charge in [-0.05, 0) is 35.9 Å². The fraction of sp³-hybridized carbons (Fsp3) is 0.235. The molecule has 28 heavy (non-hydrogen) atoms. The molecule has 0 spiro atoms. The van der Waals surface area contributed by atoms with Crippen molar-refractivity contribution in [3.8, 4) is 0 Å². The zero-order chi connectivity index (χ0) is 20.7. The molecule has 0 fully saturated rings. The van der Waals surface area contributed by atoms with Crippen LogP contribution in [0.3, 0.4) is 0 Å². The van der Waals surface area contributed by atoms with E-state index in [1.807, 2.05) is 0 Å². The average molecular weight is 453 g/mol. The zero-order valence-electron chi connectivity index (χ0n) is 14.2. The van der Waals surface area contributed by atoms with Crippen LogP contribution in [0.15, 0.2) is 47.6 Å². The van der Waals surface area contributed by atoms with Crippen LogP contribution >= 0.6 is 23.2 Å². The van der Waals surface area contributed by atoms with Gasteiger partial charge in [-0.2, -0.15) is 13.2 Å². The van der Waals surface area contributed by atoms with Crippen molar-refractivity contribution in [2.45, 2.75) is 18.2 Å². The van der Waals surface area contributed by atoms with Gasteiger partial charge in [-0.25, -0.2) is 8.42 Å². The van der Waals surface area contributed by atoms with Gasteiger partial charge < -0.3 is 4.84 Å². The second kappa shape index (κ2) is 7.13. The standard InChI is InChI=1S/C17H13Cl2F3N2O3S/c1-28(25,26)24-14-4-2-10(3-5-14)15-9-16(27-23-15,17(20,21)22)11-6-12(18)8-13(19)7-11/h2-8,24H,9H2,1H3. The van der Waals surface area contributed by atoms with Gasteiger partial charge in [-0.3, -0.25) is 4.72 Å². The average Bonchev–Trinajstić information content (AvgIpc) is 2.99. The molecule has 3 rings (SSSR count). The Kier molecular flexibility index (Phi) is 5.28. The van der Waals surface area contributed by atoms with E-state index in [4.69, 9.17) is 28.0 Å². The minimum Gasteiger partial charge on any atom is -0.374 e. The Morgan fingerprint density at radius 3 is 2.18 bits per heavy atom. The van der Waals surface area contributed by atoms with Gasteiger partial charge in [0.25, 0.3) is 5.60 Å². The molecule has 2 aromatic carbocycles. The van der Waals surface area contributed by atoms with Crippen LogP contribution in [-0.2, 0) is 20.5 Å². The van der Waals surface area contributed by atoms with E-state index in [-0.39, 0.29) is 27.0 Å². The smallest absolute Gasteiger partial charge is 0.374 e. The molecular formula is C17H13Cl2F3N2O3S. The largest absolute Gasteiger partial charge is 0.435 e. The quantitative estimate of drug-likeness (QED) is 0.713. The molecule has 0 saturated carbocycles. The predicted molar refractivity (Wildman–Crippen MR) is 101 cm³/mol. The van der Waals surface area contributed by atoms with E-state index in [1.165, 1.54) is 30.3 Å². The number of halogens is 5. The highest BCUT2D eigenvalue weighted by molar-refractivity contribution is 7.92. The molecule has 1 unspecified atom stereocenters. The van der Waals surface area contributed by atoms with Crippen LogP contribution in [0.25, 0.3) is 0 Å². The van der Waals surface area contributed by atoms with Crippen molar-refractivity contribution >= 4 is 44.6 Å². The molecule has 0 bridgehead atoms. The van der Waals surface area contributed by atoms with Gasteiger partial charge >= 0.3 is 6.18 Å². The minimum absolute atomic E-state index is 0.0411. The molecule has 5 nitrogen and oxygen atoms in total. The Bertz CT molecular complexity index is 1020. The first-order valence-electron chi connectivity index (χ1n) is 7.76. The summed E-state index contributed by atoms with van der Waals surface area (Å²) in [5.41, 5.74) is -2.29. The molecule has 0 aromatic heterocycles. The number of alkyl halides is 3. The lowest BCUT2D eigenvalue weighted by Gasteiger charge is -2.29. The van der Waals surface area contributed by atoms with Crippen molar-refractivity contribution in [3.05, 3.63) is 63.6 Å². The first kappa shape index (κ1) is 20.8. The Labute approximate surface area is 169 Å². The second-order valence-electron chi connectivity index (χ2n) is 6.24. The summed E-state index contributed by atoms with van der Waals surface area (Å²) in [5.74, 6) is 0. The lowest BCUT2D eigenvalue weighted by Crippen LogP contribution is -2.42. The van der Waals surface area contributed by atoms with E-state index in [0.29, 0.717) is 5.56 Å². The number of rotatable bonds is 4.